The van der Waals surface area contributed by atoms with E-state index in [1.54, 1.807) is 18.2 Å². The van der Waals surface area contributed by atoms with E-state index in [4.69, 9.17) is 27.7 Å². The van der Waals surface area contributed by atoms with Gasteiger partial charge in [-0.3, -0.25) is 16.2 Å². The van der Waals surface area contributed by atoms with Crippen LogP contribution in [0.15, 0.2) is 47.0 Å². The lowest BCUT2D eigenvalue weighted by atomic mass is 10.1. The number of benzene rings is 2. The van der Waals surface area contributed by atoms with Gasteiger partial charge in [-0.05, 0) is 25.1 Å². The molecule has 0 fully saturated rings. The number of nitrogens with one attached hydrogen (secondary N) is 3. The molecule has 1 aromatic heterocycles. The molecule has 128 valence electrons. The van der Waals surface area contributed by atoms with E-state index in [1.165, 1.54) is 0 Å². The first kappa shape index (κ1) is 17.1. The summed E-state index contributed by atoms with van der Waals surface area (Å²) in [5.74, 6) is 0.376. The minimum absolute atomic E-state index is 0.0407. The van der Waals surface area contributed by atoms with Gasteiger partial charge in [-0.25, -0.2) is 4.79 Å². The van der Waals surface area contributed by atoms with E-state index in [2.05, 4.69) is 26.3 Å². The van der Waals surface area contributed by atoms with E-state index in [9.17, 15) is 4.79 Å². The fourth-order valence-corrected chi connectivity index (χ4v) is 2.53. The normalized spacial score (nSPS) is 10.4. The number of anilines is 2. The van der Waals surface area contributed by atoms with Crippen LogP contribution < -0.4 is 16.2 Å². The Balaban J connectivity index is 1.62. The fraction of sp³-hybridized carbons (Fsp3) is 0.0625. The summed E-state index contributed by atoms with van der Waals surface area (Å²) in [6.07, 6.45) is 0. The number of halogens is 2. The summed E-state index contributed by atoms with van der Waals surface area (Å²) >= 11 is 12.0. The number of carbonyl (C=O) groups is 1. The van der Waals surface area contributed by atoms with Crippen LogP contribution in [0.3, 0.4) is 0 Å². The summed E-state index contributed by atoms with van der Waals surface area (Å²) in [6.45, 7) is 1.96. The Morgan fingerprint density at radius 3 is 2.56 bits per heavy atom. The van der Waals surface area contributed by atoms with E-state index < -0.39 is 6.03 Å². The van der Waals surface area contributed by atoms with Crippen molar-refractivity contribution in [2.24, 2.45) is 0 Å². The third-order valence-electron chi connectivity index (χ3n) is 3.19. The second-order valence-electron chi connectivity index (χ2n) is 5.09. The third kappa shape index (κ3) is 4.20. The molecule has 0 saturated carbocycles. The number of carbonyl (C=O) groups excluding carboxylic acids is 1. The van der Waals surface area contributed by atoms with Gasteiger partial charge in [-0.15, -0.1) is 0 Å². The highest BCUT2D eigenvalue weighted by Gasteiger charge is 2.12. The van der Waals surface area contributed by atoms with Crippen LogP contribution in [0.4, 0.5) is 16.5 Å². The van der Waals surface area contributed by atoms with Gasteiger partial charge in [0.25, 0.3) is 0 Å². The molecule has 3 aromatic rings. The average molecular weight is 378 g/mol. The quantitative estimate of drug-likeness (QED) is 0.582. The molecule has 25 heavy (non-hydrogen) atoms. The van der Waals surface area contributed by atoms with E-state index >= 15 is 0 Å². The summed E-state index contributed by atoms with van der Waals surface area (Å²) in [5.41, 5.74) is 7.26. The molecule has 9 heteroatoms. The topological polar surface area (TPSA) is 92.1 Å². The number of hydrazine groups is 1. The van der Waals surface area contributed by atoms with Crippen LogP contribution in [0.25, 0.3) is 11.4 Å². The molecule has 7 nitrogen and oxygen atoms in total. The molecule has 0 radical (unpaired) electrons. The van der Waals surface area contributed by atoms with Crippen LogP contribution in [0.5, 0.6) is 0 Å². The maximum atomic E-state index is 11.9. The van der Waals surface area contributed by atoms with Crippen molar-refractivity contribution in [3.05, 3.63) is 58.1 Å². The molecule has 0 aliphatic carbocycles. The number of aryl methyl sites for hydroxylation is 1. The number of hydrogen-bond acceptors (Lipinski definition) is 5. The lowest BCUT2D eigenvalue weighted by Gasteiger charge is -2.10. The van der Waals surface area contributed by atoms with E-state index in [-0.39, 0.29) is 6.01 Å². The van der Waals surface area contributed by atoms with Crippen LogP contribution in [-0.4, -0.2) is 16.2 Å². The zero-order valence-corrected chi connectivity index (χ0v) is 14.5. The second kappa shape index (κ2) is 7.42. The third-order valence-corrected chi connectivity index (χ3v) is 3.82. The molecule has 3 N–H and O–H groups in total. The molecule has 0 atom stereocenters. The molecule has 0 saturated heterocycles. The molecule has 0 aliphatic rings. The SMILES string of the molecule is Cc1cccc(-c2noc(NC(=O)NNc3c(Cl)cccc3Cl)n2)c1. The first-order valence-corrected chi connectivity index (χ1v) is 7.96. The van der Waals surface area contributed by atoms with Gasteiger partial charge in [0.2, 0.25) is 5.82 Å². The van der Waals surface area contributed by atoms with Crippen molar-refractivity contribution < 1.29 is 9.32 Å². The molecular weight excluding hydrogens is 365 g/mol. The van der Waals surface area contributed by atoms with Gasteiger partial charge in [0.15, 0.2) is 0 Å². The van der Waals surface area contributed by atoms with Gasteiger partial charge in [0.1, 0.15) is 0 Å². The van der Waals surface area contributed by atoms with Crippen LogP contribution in [-0.2, 0) is 0 Å². The fourth-order valence-electron chi connectivity index (χ4n) is 2.04. The van der Waals surface area contributed by atoms with Crippen molar-refractivity contribution in [1.29, 1.82) is 0 Å². The van der Waals surface area contributed by atoms with Crippen molar-refractivity contribution in [1.82, 2.24) is 15.6 Å². The molecule has 0 unspecified atom stereocenters. The molecular formula is C16H13Cl2N5O2. The van der Waals surface area contributed by atoms with E-state index in [0.717, 1.165) is 11.1 Å². The number of hydrogen-bond donors (Lipinski definition) is 3. The maximum absolute atomic E-state index is 11.9. The van der Waals surface area contributed by atoms with Gasteiger partial charge in [-0.2, -0.15) is 4.98 Å². The maximum Gasteiger partial charge on any atom is 0.341 e. The lowest BCUT2D eigenvalue weighted by Crippen LogP contribution is -2.33. The molecule has 0 spiro atoms. The smallest absolute Gasteiger partial charge is 0.315 e. The largest absolute Gasteiger partial charge is 0.341 e. The van der Waals surface area contributed by atoms with Crippen molar-refractivity contribution in [3.63, 3.8) is 0 Å². The molecule has 2 aromatic carbocycles. The number of aromatic nitrogens is 2. The zero-order chi connectivity index (χ0) is 17.8. The van der Waals surface area contributed by atoms with Crippen LogP contribution in [0, 0.1) is 6.92 Å². The predicted octanol–water partition coefficient (Wildman–Crippen LogP) is 4.50. The lowest BCUT2D eigenvalue weighted by molar-refractivity contribution is 0.253. The van der Waals surface area contributed by atoms with Gasteiger partial charge < -0.3 is 4.52 Å². The monoisotopic (exact) mass is 377 g/mol. The Labute approximate surface area is 153 Å². The van der Waals surface area contributed by atoms with Crippen molar-refractivity contribution in [2.45, 2.75) is 6.92 Å². The molecule has 1 heterocycles. The Bertz CT molecular complexity index is 893. The highest BCUT2D eigenvalue weighted by Crippen LogP contribution is 2.29. The summed E-state index contributed by atoms with van der Waals surface area (Å²) in [6, 6.07) is 11.9. The van der Waals surface area contributed by atoms with Crippen LogP contribution in [0.1, 0.15) is 5.56 Å². The molecule has 3 rings (SSSR count). The summed E-state index contributed by atoms with van der Waals surface area (Å²) in [4.78, 5) is 16.0. The number of urea groups is 1. The highest BCUT2D eigenvalue weighted by molar-refractivity contribution is 6.39. The second-order valence-corrected chi connectivity index (χ2v) is 5.91. The van der Waals surface area contributed by atoms with E-state index in [1.807, 2.05) is 31.2 Å². The van der Waals surface area contributed by atoms with Gasteiger partial charge in [0, 0.05) is 5.56 Å². The standard InChI is InChI=1S/C16H13Cl2N5O2/c1-9-4-2-5-10(8-9)14-19-16(25-23-14)20-15(24)22-21-13-11(17)6-3-7-12(13)18/h2-8,21H,1H3,(H2,19,20,22,23,24). The minimum atomic E-state index is -0.615. The first-order valence-electron chi connectivity index (χ1n) is 7.20. The summed E-state index contributed by atoms with van der Waals surface area (Å²) in [7, 11) is 0. The Hall–Kier alpha value is -2.77. The van der Waals surface area contributed by atoms with E-state index in [0.29, 0.717) is 21.6 Å². The van der Waals surface area contributed by atoms with Crippen LogP contribution in [0.2, 0.25) is 10.0 Å². The Morgan fingerprint density at radius 1 is 1.12 bits per heavy atom. The highest BCUT2D eigenvalue weighted by atomic mass is 35.5. The van der Waals surface area contributed by atoms with Gasteiger partial charge in [0.05, 0.1) is 15.7 Å². The van der Waals surface area contributed by atoms with Crippen molar-refractivity contribution >= 4 is 40.9 Å². The number of nitrogens with zero attached hydrogens (tertiary/aromatic N) is 2. The molecule has 2 amide bonds. The Kier molecular flexibility index (Phi) is 5.06. The number of para-hydroxylation sites is 1. The predicted molar refractivity (Wildman–Crippen MR) is 96.7 cm³/mol. The van der Waals surface area contributed by atoms with Crippen molar-refractivity contribution in [3.8, 4) is 11.4 Å². The number of amides is 2. The zero-order valence-electron chi connectivity index (χ0n) is 13.0. The summed E-state index contributed by atoms with van der Waals surface area (Å²) in [5, 5.41) is 6.99. The van der Waals surface area contributed by atoms with Gasteiger partial charge in [-0.1, -0.05) is 58.2 Å². The van der Waals surface area contributed by atoms with Crippen LogP contribution >= 0.6 is 23.2 Å². The van der Waals surface area contributed by atoms with Crippen molar-refractivity contribution in [2.75, 3.05) is 10.7 Å². The molecule has 0 bridgehead atoms. The summed E-state index contributed by atoms with van der Waals surface area (Å²) < 4.78 is 5.02. The minimum Gasteiger partial charge on any atom is -0.315 e. The Morgan fingerprint density at radius 2 is 1.84 bits per heavy atom. The number of rotatable bonds is 4. The van der Waals surface area contributed by atoms with Gasteiger partial charge >= 0.3 is 12.0 Å². The first-order chi connectivity index (χ1) is 12.0. The molecule has 0 aliphatic heterocycles. The average Bonchev–Trinajstić information content (AvgIpc) is 3.03.